The van der Waals surface area contributed by atoms with E-state index in [1.54, 1.807) is 25.1 Å². The first-order chi connectivity index (χ1) is 13.8. The Labute approximate surface area is 168 Å². The highest BCUT2D eigenvalue weighted by molar-refractivity contribution is 7.08. The molecule has 0 radical (unpaired) electrons. The molecule has 4 rings (SSSR count). The molecule has 1 amide bonds. The molecule has 0 fully saturated rings. The van der Waals surface area contributed by atoms with Crippen molar-refractivity contribution in [2.24, 2.45) is 0 Å². The van der Waals surface area contributed by atoms with Crippen molar-refractivity contribution in [2.45, 2.75) is 25.6 Å². The molecule has 1 aromatic heterocycles. The van der Waals surface area contributed by atoms with Gasteiger partial charge in [0.1, 0.15) is 16.7 Å². The molecule has 1 unspecified atom stereocenters. The summed E-state index contributed by atoms with van der Waals surface area (Å²) in [6.07, 6.45) is -4.34. The van der Waals surface area contributed by atoms with Crippen LogP contribution in [0.1, 0.15) is 26.5 Å². The maximum atomic E-state index is 13.4. The second-order valence-corrected chi connectivity index (χ2v) is 7.43. The maximum Gasteiger partial charge on any atom is 0.417 e. The van der Waals surface area contributed by atoms with Crippen molar-refractivity contribution in [3.05, 3.63) is 64.2 Å². The number of rotatable bonds is 4. The van der Waals surface area contributed by atoms with E-state index < -0.39 is 11.7 Å². The van der Waals surface area contributed by atoms with Gasteiger partial charge in [0.2, 0.25) is 0 Å². The van der Waals surface area contributed by atoms with Gasteiger partial charge in [-0.25, -0.2) is 0 Å². The molecule has 1 aliphatic rings. The van der Waals surface area contributed by atoms with Crippen molar-refractivity contribution in [2.75, 3.05) is 6.54 Å². The van der Waals surface area contributed by atoms with E-state index in [2.05, 4.69) is 14.9 Å². The van der Waals surface area contributed by atoms with Crippen LogP contribution < -0.4 is 10.1 Å². The lowest BCUT2D eigenvalue weighted by Crippen LogP contribution is -2.34. The monoisotopic (exact) mass is 419 g/mol. The lowest BCUT2D eigenvalue weighted by molar-refractivity contribution is -0.137. The molecule has 1 aliphatic heterocycles. The molecular formula is C20H16F3N3O2S. The third-order valence-corrected chi connectivity index (χ3v) is 5.53. The zero-order valence-electron chi connectivity index (χ0n) is 15.3. The fourth-order valence-electron chi connectivity index (χ4n) is 3.36. The first-order valence-corrected chi connectivity index (χ1v) is 9.64. The second kappa shape index (κ2) is 7.47. The number of carbonyl (C=O) groups excluding carboxylic acids is 1. The van der Waals surface area contributed by atoms with Gasteiger partial charge in [-0.05, 0) is 35.6 Å². The Morgan fingerprint density at radius 1 is 1.21 bits per heavy atom. The SMILES string of the molecule is Cc1nnsc1C(=O)NCC1Cc2cccc(-c3ccccc3C(F)(F)F)c2O1. The van der Waals surface area contributed by atoms with Crippen molar-refractivity contribution in [3.63, 3.8) is 0 Å². The van der Waals surface area contributed by atoms with Gasteiger partial charge in [0.15, 0.2) is 0 Å². The largest absolute Gasteiger partial charge is 0.487 e. The molecule has 1 N–H and O–H groups in total. The molecule has 150 valence electrons. The summed E-state index contributed by atoms with van der Waals surface area (Å²) < 4.78 is 50.0. The minimum Gasteiger partial charge on any atom is -0.487 e. The summed E-state index contributed by atoms with van der Waals surface area (Å²) in [5, 5.41) is 6.59. The number of halogens is 3. The summed E-state index contributed by atoms with van der Waals surface area (Å²) in [5.74, 6) is 0.138. The summed E-state index contributed by atoms with van der Waals surface area (Å²) in [4.78, 5) is 12.7. The number of nitrogens with zero attached hydrogens (tertiary/aromatic N) is 2. The third kappa shape index (κ3) is 3.82. The number of hydrogen-bond acceptors (Lipinski definition) is 5. The van der Waals surface area contributed by atoms with E-state index >= 15 is 0 Å². The Morgan fingerprint density at radius 3 is 2.69 bits per heavy atom. The Balaban J connectivity index is 1.55. The lowest BCUT2D eigenvalue weighted by atomic mass is 9.96. The van der Waals surface area contributed by atoms with Crippen molar-refractivity contribution >= 4 is 17.4 Å². The van der Waals surface area contributed by atoms with E-state index in [0.717, 1.165) is 23.2 Å². The molecule has 0 bridgehead atoms. The highest BCUT2D eigenvalue weighted by Crippen LogP contribution is 2.43. The van der Waals surface area contributed by atoms with E-state index in [0.29, 0.717) is 28.3 Å². The van der Waals surface area contributed by atoms with Crippen molar-refractivity contribution in [1.82, 2.24) is 14.9 Å². The van der Waals surface area contributed by atoms with Gasteiger partial charge in [0.05, 0.1) is 17.8 Å². The number of fused-ring (bicyclic) bond motifs is 1. The Hall–Kier alpha value is -2.94. The number of aryl methyl sites for hydroxylation is 1. The van der Waals surface area contributed by atoms with Crippen LogP contribution >= 0.6 is 11.5 Å². The predicted octanol–water partition coefficient (Wildman–Crippen LogP) is 4.27. The van der Waals surface area contributed by atoms with E-state index in [4.69, 9.17) is 4.74 Å². The van der Waals surface area contributed by atoms with Crippen LogP contribution in [0.2, 0.25) is 0 Å². The number of alkyl halides is 3. The molecule has 2 aromatic carbocycles. The first-order valence-electron chi connectivity index (χ1n) is 8.87. The average molecular weight is 419 g/mol. The number of nitrogens with one attached hydrogen (secondary N) is 1. The van der Waals surface area contributed by atoms with Gasteiger partial charge in [-0.2, -0.15) is 13.2 Å². The smallest absolute Gasteiger partial charge is 0.417 e. The Bertz CT molecular complexity index is 1070. The maximum absolute atomic E-state index is 13.4. The molecule has 0 saturated carbocycles. The second-order valence-electron chi connectivity index (χ2n) is 6.68. The summed E-state index contributed by atoms with van der Waals surface area (Å²) in [5.41, 5.74) is 1.13. The van der Waals surface area contributed by atoms with Crippen LogP contribution in [0.15, 0.2) is 42.5 Å². The van der Waals surface area contributed by atoms with Gasteiger partial charge in [0, 0.05) is 12.0 Å². The fraction of sp³-hybridized carbons (Fsp3) is 0.250. The summed E-state index contributed by atoms with van der Waals surface area (Å²) >= 11 is 1.01. The van der Waals surface area contributed by atoms with Crippen LogP contribution in [-0.2, 0) is 12.6 Å². The molecule has 3 aromatic rings. The van der Waals surface area contributed by atoms with Crippen LogP contribution in [0, 0.1) is 6.92 Å². The van der Waals surface area contributed by atoms with Gasteiger partial charge < -0.3 is 10.1 Å². The Morgan fingerprint density at radius 2 is 1.97 bits per heavy atom. The predicted molar refractivity (Wildman–Crippen MR) is 102 cm³/mol. The van der Waals surface area contributed by atoms with E-state index in [1.165, 1.54) is 12.1 Å². The molecular weight excluding hydrogens is 403 g/mol. The zero-order valence-corrected chi connectivity index (χ0v) is 16.1. The topological polar surface area (TPSA) is 64.1 Å². The van der Waals surface area contributed by atoms with E-state index in [1.807, 2.05) is 6.07 Å². The standard InChI is InChI=1S/C20H16F3N3O2S/c1-11-18(29-26-25-11)19(27)24-10-13-9-12-5-4-7-15(17(12)28-13)14-6-2-3-8-16(14)20(21,22)23/h2-8,13H,9-10H2,1H3,(H,24,27). The van der Waals surface area contributed by atoms with Gasteiger partial charge in [0.25, 0.3) is 5.91 Å². The minimum absolute atomic E-state index is 0.0768. The third-order valence-electron chi connectivity index (χ3n) is 4.70. The molecule has 2 heterocycles. The molecule has 5 nitrogen and oxygen atoms in total. The van der Waals surface area contributed by atoms with E-state index in [9.17, 15) is 18.0 Å². The van der Waals surface area contributed by atoms with Crippen molar-refractivity contribution < 1.29 is 22.7 Å². The number of aromatic nitrogens is 2. The molecule has 0 aliphatic carbocycles. The van der Waals surface area contributed by atoms with Gasteiger partial charge in [-0.15, -0.1) is 5.10 Å². The highest BCUT2D eigenvalue weighted by Gasteiger charge is 2.35. The molecule has 9 heteroatoms. The summed E-state index contributed by atoms with van der Waals surface area (Å²) in [6, 6.07) is 10.6. The Kier molecular flexibility index (Phi) is 4.99. The number of hydrogen-bond donors (Lipinski definition) is 1. The number of amides is 1. The fourth-order valence-corrected chi connectivity index (χ4v) is 3.93. The first kappa shape index (κ1) is 19.4. The molecule has 0 spiro atoms. The number of para-hydroxylation sites is 1. The summed E-state index contributed by atoms with van der Waals surface area (Å²) in [6.45, 7) is 1.93. The minimum atomic E-state index is -4.47. The van der Waals surface area contributed by atoms with E-state index in [-0.39, 0.29) is 24.1 Å². The normalized spacial score (nSPS) is 15.7. The van der Waals surface area contributed by atoms with Gasteiger partial charge in [-0.1, -0.05) is 40.9 Å². The number of benzene rings is 2. The van der Waals surface area contributed by atoms with Crippen LogP contribution in [0.5, 0.6) is 5.75 Å². The molecule has 29 heavy (non-hydrogen) atoms. The zero-order chi connectivity index (χ0) is 20.6. The summed E-state index contributed by atoms with van der Waals surface area (Å²) in [7, 11) is 0. The quantitative estimate of drug-likeness (QED) is 0.686. The number of ether oxygens (including phenoxy) is 1. The average Bonchev–Trinajstić information content (AvgIpc) is 3.31. The van der Waals surface area contributed by atoms with Crippen LogP contribution in [-0.4, -0.2) is 28.1 Å². The number of carbonyl (C=O) groups is 1. The molecule has 1 atom stereocenters. The van der Waals surface area contributed by atoms with Gasteiger partial charge >= 0.3 is 6.18 Å². The van der Waals surface area contributed by atoms with Crippen LogP contribution in [0.4, 0.5) is 13.2 Å². The lowest BCUT2D eigenvalue weighted by Gasteiger charge is -2.16. The molecule has 0 saturated heterocycles. The van der Waals surface area contributed by atoms with Crippen molar-refractivity contribution in [3.8, 4) is 16.9 Å². The van der Waals surface area contributed by atoms with Crippen LogP contribution in [0.3, 0.4) is 0 Å². The van der Waals surface area contributed by atoms with Gasteiger partial charge in [-0.3, -0.25) is 4.79 Å². The van der Waals surface area contributed by atoms with Crippen molar-refractivity contribution in [1.29, 1.82) is 0 Å². The van der Waals surface area contributed by atoms with Crippen LogP contribution in [0.25, 0.3) is 11.1 Å². The highest BCUT2D eigenvalue weighted by atomic mass is 32.1.